The lowest BCUT2D eigenvalue weighted by Gasteiger charge is -2.34. The van der Waals surface area contributed by atoms with Gasteiger partial charge in [0.05, 0.1) is 5.92 Å². The monoisotopic (exact) mass is 384 g/mol. The quantitative estimate of drug-likeness (QED) is 0.794. The van der Waals surface area contributed by atoms with Crippen LogP contribution in [-0.2, 0) is 11.3 Å². The van der Waals surface area contributed by atoms with Crippen molar-refractivity contribution in [3.63, 3.8) is 0 Å². The molecule has 1 heterocycles. The molecule has 4 nitrogen and oxygen atoms in total. The van der Waals surface area contributed by atoms with E-state index in [4.69, 9.17) is 11.6 Å². The van der Waals surface area contributed by atoms with Crippen molar-refractivity contribution in [2.45, 2.75) is 26.3 Å². The van der Waals surface area contributed by atoms with E-state index in [9.17, 15) is 9.59 Å². The van der Waals surface area contributed by atoms with E-state index in [1.54, 1.807) is 34.1 Å². The summed E-state index contributed by atoms with van der Waals surface area (Å²) in [5.41, 5.74) is 2.94. The highest BCUT2D eigenvalue weighted by atomic mass is 35.5. The number of nitrogens with zero attached hydrogens (tertiary/aromatic N) is 2. The van der Waals surface area contributed by atoms with Crippen molar-refractivity contribution >= 4 is 23.4 Å². The molecule has 3 rings (SSSR count). The number of aryl methyl sites for hydroxylation is 1. The van der Waals surface area contributed by atoms with Gasteiger partial charge in [0.15, 0.2) is 0 Å². The summed E-state index contributed by atoms with van der Waals surface area (Å²) in [6, 6.07) is 15.0. The molecule has 1 fully saturated rings. The van der Waals surface area contributed by atoms with E-state index in [0.717, 1.165) is 18.4 Å². The van der Waals surface area contributed by atoms with Crippen molar-refractivity contribution in [2.75, 3.05) is 20.1 Å². The first-order chi connectivity index (χ1) is 13.0. The van der Waals surface area contributed by atoms with Gasteiger partial charge in [-0.15, -0.1) is 0 Å². The first kappa shape index (κ1) is 19.4. The van der Waals surface area contributed by atoms with Crippen LogP contribution in [0.4, 0.5) is 0 Å². The van der Waals surface area contributed by atoms with Crippen LogP contribution in [0.3, 0.4) is 0 Å². The maximum absolute atomic E-state index is 12.9. The third-order valence-electron chi connectivity index (χ3n) is 5.19. The van der Waals surface area contributed by atoms with Crippen LogP contribution >= 0.6 is 11.6 Å². The number of halogens is 1. The van der Waals surface area contributed by atoms with Crippen LogP contribution in [0, 0.1) is 12.8 Å². The zero-order chi connectivity index (χ0) is 19.4. The Bertz CT molecular complexity index is 819. The lowest BCUT2D eigenvalue weighted by molar-refractivity contribution is -0.136. The summed E-state index contributed by atoms with van der Waals surface area (Å²) in [4.78, 5) is 29.2. The van der Waals surface area contributed by atoms with Gasteiger partial charge >= 0.3 is 0 Å². The van der Waals surface area contributed by atoms with Gasteiger partial charge in [-0.2, -0.15) is 0 Å². The molecule has 0 N–H and O–H groups in total. The number of carbonyl (C=O) groups excluding carboxylic acids is 2. The minimum Gasteiger partial charge on any atom is -0.341 e. The largest absolute Gasteiger partial charge is 0.341 e. The van der Waals surface area contributed by atoms with Crippen LogP contribution in [0.15, 0.2) is 48.5 Å². The number of hydrogen-bond acceptors (Lipinski definition) is 2. The highest BCUT2D eigenvalue weighted by Gasteiger charge is 2.30. The van der Waals surface area contributed by atoms with Gasteiger partial charge < -0.3 is 9.80 Å². The molecule has 1 atom stereocenters. The number of likely N-dealkylation sites (tertiary alicyclic amines) is 1. The zero-order valence-electron chi connectivity index (χ0n) is 15.8. The Morgan fingerprint density at radius 2 is 1.85 bits per heavy atom. The Morgan fingerprint density at radius 3 is 2.56 bits per heavy atom. The molecule has 0 saturated carbocycles. The molecule has 0 bridgehead atoms. The van der Waals surface area contributed by atoms with E-state index < -0.39 is 0 Å². The Labute approximate surface area is 165 Å². The van der Waals surface area contributed by atoms with Gasteiger partial charge in [-0.05, 0) is 55.2 Å². The van der Waals surface area contributed by atoms with Gasteiger partial charge in [0.2, 0.25) is 5.91 Å². The van der Waals surface area contributed by atoms with E-state index in [1.165, 1.54) is 5.56 Å². The van der Waals surface area contributed by atoms with Crippen LogP contribution in [0.5, 0.6) is 0 Å². The second-order valence-corrected chi connectivity index (χ2v) is 7.65. The van der Waals surface area contributed by atoms with Crippen molar-refractivity contribution in [2.24, 2.45) is 5.92 Å². The summed E-state index contributed by atoms with van der Waals surface area (Å²) in [6.07, 6.45) is 1.66. The second-order valence-electron chi connectivity index (χ2n) is 7.22. The summed E-state index contributed by atoms with van der Waals surface area (Å²) in [5, 5.41) is 0.607. The zero-order valence-corrected chi connectivity index (χ0v) is 16.6. The predicted octanol–water partition coefficient (Wildman–Crippen LogP) is 4.16. The van der Waals surface area contributed by atoms with Crippen molar-refractivity contribution < 1.29 is 9.59 Å². The van der Waals surface area contributed by atoms with Crippen molar-refractivity contribution in [1.82, 2.24) is 9.80 Å². The van der Waals surface area contributed by atoms with Gasteiger partial charge in [0.1, 0.15) is 0 Å². The molecule has 1 aliphatic heterocycles. The van der Waals surface area contributed by atoms with Crippen LogP contribution in [0.2, 0.25) is 5.02 Å². The molecule has 27 heavy (non-hydrogen) atoms. The van der Waals surface area contributed by atoms with Crippen LogP contribution in [-0.4, -0.2) is 41.8 Å². The molecule has 2 aromatic rings. The SMILES string of the molecule is Cc1ccccc1CN(C)C(=O)C1CCCN(C(=O)c2ccc(Cl)cc2)C1. The van der Waals surface area contributed by atoms with Gasteiger partial charge in [-0.1, -0.05) is 35.9 Å². The molecular weight excluding hydrogens is 360 g/mol. The molecule has 1 aliphatic rings. The molecule has 5 heteroatoms. The Kier molecular flexibility index (Phi) is 6.17. The third-order valence-corrected chi connectivity index (χ3v) is 5.45. The lowest BCUT2D eigenvalue weighted by atomic mass is 9.95. The maximum atomic E-state index is 12.9. The molecule has 0 aromatic heterocycles. The average molecular weight is 385 g/mol. The van der Waals surface area contributed by atoms with Gasteiger partial charge in [-0.3, -0.25) is 9.59 Å². The fraction of sp³-hybridized carbons (Fsp3) is 0.364. The summed E-state index contributed by atoms with van der Waals surface area (Å²) < 4.78 is 0. The Balaban J connectivity index is 1.64. The summed E-state index contributed by atoms with van der Waals surface area (Å²) >= 11 is 5.90. The number of carbonyl (C=O) groups is 2. The normalized spacial score (nSPS) is 16.9. The van der Waals surface area contributed by atoms with Gasteiger partial charge in [0, 0.05) is 37.3 Å². The van der Waals surface area contributed by atoms with E-state index in [0.29, 0.717) is 30.2 Å². The van der Waals surface area contributed by atoms with Crippen molar-refractivity contribution in [3.05, 3.63) is 70.2 Å². The minimum absolute atomic E-state index is 0.0364. The molecule has 0 aliphatic carbocycles. The van der Waals surface area contributed by atoms with Crippen LogP contribution < -0.4 is 0 Å². The molecule has 1 unspecified atom stereocenters. The fourth-order valence-corrected chi connectivity index (χ4v) is 3.70. The van der Waals surface area contributed by atoms with E-state index >= 15 is 0 Å². The number of amides is 2. The second kappa shape index (κ2) is 8.57. The molecule has 1 saturated heterocycles. The van der Waals surface area contributed by atoms with E-state index in [1.807, 2.05) is 19.2 Å². The maximum Gasteiger partial charge on any atom is 0.253 e. The first-order valence-corrected chi connectivity index (χ1v) is 9.68. The minimum atomic E-state index is -0.149. The molecule has 0 spiro atoms. The van der Waals surface area contributed by atoms with Gasteiger partial charge in [0.25, 0.3) is 5.91 Å². The predicted molar refractivity (Wildman–Crippen MR) is 108 cm³/mol. The Morgan fingerprint density at radius 1 is 1.15 bits per heavy atom. The number of piperidine rings is 1. The number of hydrogen-bond donors (Lipinski definition) is 0. The highest BCUT2D eigenvalue weighted by Crippen LogP contribution is 2.22. The van der Waals surface area contributed by atoms with E-state index in [2.05, 4.69) is 19.1 Å². The smallest absolute Gasteiger partial charge is 0.253 e. The topological polar surface area (TPSA) is 40.6 Å². The fourth-order valence-electron chi connectivity index (χ4n) is 3.57. The summed E-state index contributed by atoms with van der Waals surface area (Å²) in [6.45, 7) is 3.80. The summed E-state index contributed by atoms with van der Waals surface area (Å²) in [5.74, 6) is -0.0819. The first-order valence-electron chi connectivity index (χ1n) is 9.30. The highest BCUT2D eigenvalue weighted by molar-refractivity contribution is 6.30. The number of benzene rings is 2. The van der Waals surface area contributed by atoms with Crippen LogP contribution in [0.25, 0.3) is 0 Å². The van der Waals surface area contributed by atoms with E-state index in [-0.39, 0.29) is 17.7 Å². The average Bonchev–Trinajstić information content (AvgIpc) is 2.69. The molecule has 2 amide bonds. The molecular formula is C22H25ClN2O2. The van der Waals surface area contributed by atoms with Crippen molar-refractivity contribution in [1.29, 1.82) is 0 Å². The van der Waals surface area contributed by atoms with Gasteiger partial charge in [-0.25, -0.2) is 0 Å². The summed E-state index contributed by atoms with van der Waals surface area (Å²) in [7, 11) is 1.84. The molecule has 2 aromatic carbocycles. The number of rotatable bonds is 4. The molecule has 0 radical (unpaired) electrons. The Hall–Kier alpha value is -2.33. The van der Waals surface area contributed by atoms with Crippen molar-refractivity contribution in [3.8, 4) is 0 Å². The third kappa shape index (κ3) is 4.69. The standard InChI is InChI=1S/C22H25ClN2O2/c1-16-6-3-4-7-18(16)14-24(2)21(26)19-8-5-13-25(15-19)22(27)17-9-11-20(23)12-10-17/h3-4,6-7,9-12,19H,5,8,13-15H2,1-2H3. The lowest BCUT2D eigenvalue weighted by Crippen LogP contribution is -2.45. The molecule has 142 valence electrons. The van der Waals surface area contributed by atoms with Crippen LogP contribution in [0.1, 0.15) is 34.3 Å².